The molecule has 3 rings (SSSR count). The topological polar surface area (TPSA) is 54.0 Å². The Balaban J connectivity index is 1.62. The Morgan fingerprint density at radius 3 is 2.67 bits per heavy atom. The van der Waals surface area contributed by atoms with Crippen LogP contribution in [-0.4, -0.2) is 29.0 Å². The first-order chi connectivity index (χ1) is 8.70. The van der Waals surface area contributed by atoms with Gasteiger partial charge >= 0.3 is 0 Å². The molecule has 1 aromatic heterocycles. The number of hydrogen-bond acceptors (Lipinski definition) is 3. The summed E-state index contributed by atoms with van der Waals surface area (Å²) in [6.07, 6.45) is 6.22. The van der Waals surface area contributed by atoms with Crippen LogP contribution in [0, 0.1) is 0 Å². The minimum atomic E-state index is -0.0613. The molecular weight excluding hydrogens is 294 g/mol. The monoisotopic (exact) mass is 309 g/mol. The van der Waals surface area contributed by atoms with Gasteiger partial charge in [-0.3, -0.25) is 4.79 Å². The number of amides is 1. The first-order valence-corrected chi connectivity index (χ1v) is 7.18. The Morgan fingerprint density at radius 1 is 1.33 bits per heavy atom. The number of fused-ring (bicyclic) bond motifs is 2. The summed E-state index contributed by atoms with van der Waals surface area (Å²) in [6, 6.07) is 5.06. The van der Waals surface area contributed by atoms with Crippen molar-refractivity contribution in [1.29, 1.82) is 0 Å². The lowest BCUT2D eigenvalue weighted by Crippen LogP contribution is -2.48. The van der Waals surface area contributed by atoms with Crippen LogP contribution in [-0.2, 0) is 0 Å². The number of carbonyl (C=O) groups excluding carboxylic acids is 1. The Bertz CT molecular complexity index is 436. The lowest BCUT2D eigenvalue weighted by atomic mass is 10.00. The van der Waals surface area contributed by atoms with Crippen molar-refractivity contribution < 1.29 is 4.79 Å². The third kappa shape index (κ3) is 2.57. The largest absolute Gasteiger partial charge is 0.348 e. The smallest absolute Gasteiger partial charge is 0.270 e. The molecular formula is C13H16BrN3O. The van der Waals surface area contributed by atoms with Gasteiger partial charge < -0.3 is 10.6 Å². The number of halogens is 1. The van der Waals surface area contributed by atoms with E-state index < -0.39 is 0 Å². The van der Waals surface area contributed by atoms with Gasteiger partial charge in [-0.05, 0) is 53.7 Å². The lowest BCUT2D eigenvalue weighted by Gasteiger charge is -2.29. The molecule has 0 aliphatic carbocycles. The molecule has 3 heterocycles. The van der Waals surface area contributed by atoms with Crippen molar-refractivity contribution in [2.24, 2.45) is 0 Å². The van der Waals surface area contributed by atoms with Crippen LogP contribution < -0.4 is 10.6 Å². The number of carbonyl (C=O) groups is 1. The molecule has 2 aliphatic heterocycles. The second kappa shape index (κ2) is 4.97. The number of rotatable bonds is 2. The molecule has 2 unspecified atom stereocenters. The van der Waals surface area contributed by atoms with E-state index in [-0.39, 0.29) is 5.91 Å². The van der Waals surface area contributed by atoms with Crippen LogP contribution in [0.5, 0.6) is 0 Å². The zero-order chi connectivity index (χ0) is 12.5. The third-order valence-electron chi connectivity index (χ3n) is 3.77. The van der Waals surface area contributed by atoms with Gasteiger partial charge in [-0.2, -0.15) is 0 Å². The van der Waals surface area contributed by atoms with E-state index in [1.54, 1.807) is 12.3 Å². The number of nitrogens with zero attached hydrogens (tertiary/aromatic N) is 1. The van der Waals surface area contributed by atoms with Crippen LogP contribution >= 0.6 is 15.9 Å². The number of pyridine rings is 1. The van der Waals surface area contributed by atoms with Gasteiger partial charge in [0.25, 0.3) is 5.91 Å². The molecule has 2 aliphatic rings. The first kappa shape index (κ1) is 12.1. The summed E-state index contributed by atoms with van der Waals surface area (Å²) < 4.78 is 0.888. The van der Waals surface area contributed by atoms with Crippen molar-refractivity contribution in [3.63, 3.8) is 0 Å². The van der Waals surface area contributed by atoms with Crippen LogP contribution in [0.2, 0.25) is 0 Å². The van der Waals surface area contributed by atoms with Crippen LogP contribution in [0.3, 0.4) is 0 Å². The molecule has 5 heteroatoms. The first-order valence-electron chi connectivity index (χ1n) is 6.39. The van der Waals surface area contributed by atoms with Gasteiger partial charge in [-0.15, -0.1) is 0 Å². The van der Waals surface area contributed by atoms with Crippen molar-refractivity contribution in [3.8, 4) is 0 Å². The number of piperidine rings is 1. The SMILES string of the molecule is O=C(NC1CC2CCC(C1)N2)c1ccc(Br)cn1. The van der Waals surface area contributed by atoms with Gasteiger partial charge in [0.05, 0.1) is 0 Å². The molecule has 96 valence electrons. The Morgan fingerprint density at radius 2 is 2.06 bits per heavy atom. The molecule has 2 N–H and O–H groups in total. The standard InChI is InChI=1S/C13H16BrN3O/c14-8-1-4-12(15-7-8)13(18)17-11-5-9-2-3-10(6-11)16-9/h1,4,7,9-11,16H,2-3,5-6H2,(H,17,18). The average Bonchev–Trinajstić information content (AvgIpc) is 2.69. The summed E-state index contributed by atoms with van der Waals surface area (Å²) in [5, 5.41) is 6.67. The van der Waals surface area contributed by atoms with E-state index in [4.69, 9.17) is 0 Å². The molecule has 0 aromatic carbocycles. The third-order valence-corrected chi connectivity index (χ3v) is 4.24. The van der Waals surface area contributed by atoms with Gasteiger partial charge in [0, 0.05) is 28.8 Å². The summed E-state index contributed by atoms with van der Waals surface area (Å²) in [6.45, 7) is 0. The highest BCUT2D eigenvalue weighted by Gasteiger charge is 2.34. The van der Waals surface area contributed by atoms with E-state index in [0.717, 1.165) is 17.3 Å². The fraction of sp³-hybridized carbons (Fsp3) is 0.538. The molecule has 2 saturated heterocycles. The molecule has 2 bridgehead atoms. The van der Waals surface area contributed by atoms with Crippen molar-refractivity contribution in [1.82, 2.24) is 15.6 Å². The van der Waals surface area contributed by atoms with E-state index in [2.05, 4.69) is 31.5 Å². The van der Waals surface area contributed by atoms with Crippen LogP contribution in [0.25, 0.3) is 0 Å². The normalized spacial score (nSPS) is 30.2. The highest BCUT2D eigenvalue weighted by atomic mass is 79.9. The van der Waals surface area contributed by atoms with Gasteiger partial charge in [0.15, 0.2) is 0 Å². The lowest BCUT2D eigenvalue weighted by molar-refractivity contribution is 0.0919. The zero-order valence-electron chi connectivity index (χ0n) is 10.0. The van der Waals surface area contributed by atoms with E-state index in [1.807, 2.05) is 6.07 Å². The van der Waals surface area contributed by atoms with Gasteiger partial charge in [0.2, 0.25) is 0 Å². The predicted molar refractivity (Wildman–Crippen MR) is 72.4 cm³/mol. The summed E-state index contributed by atoms with van der Waals surface area (Å²) in [4.78, 5) is 16.2. The highest BCUT2D eigenvalue weighted by Crippen LogP contribution is 2.26. The molecule has 2 fully saturated rings. The number of nitrogens with one attached hydrogen (secondary N) is 2. The van der Waals surface area contributed by atoms with Crippen molar-refractivity contribution in [2.45, 2.75) is 43.8 Å². The second-order valence-electron chi connectivity index (χ2n) is 5.14. The van der Waals surface area contributed by atoms with Gasteiger partial charge in [-0.25, -0.2) is 4.98 Å². The van der Waals surface area contributed by atoms with Gasteiger partial charge in [-0.1, -0.05) is 0 Å². The quantitative estimate of drug-likeness (QED) is 0.877. The fourth-order valence-corrected chi connectivity index (χ4v) is 3.18. The summed E-state index contributed by atoms with van der Waals surface area (Å²) in [5.74, 6) is -0.0613. The van der Waals surface area contributed by atoms with Crippen molar-refractivity contribution in [3.05, 3.63) is 28.5 Å². The van der Waals surface area contributed by atoms with Gasteiger partial charge in [0.1, 0.15) is 5.69 Å². The summed E-state index contributed by atoms with van der Waals surface area (Å²) in [5.41, 5.74) is 0.490. The minimum Gasteiger partial charge on any atom is -0.348 e. The molecule has 4 nitrogen and oxygen atoms in total. The molecule has 18 heavy (non-hydrogen) atoms. The van der Waals surface area contributed by atoms with Crippen molar-refractivity contribution in [2.75, 3.05) is 0 Å². The molecule has 0 saturated carbocycles. The molecule has 0 spiro atoms. The van der Waals surface area contributed by atoms with Crippen LogP contribution in [0.4, 0.5) is 0 Å². The molecule has 1 aromatic rings. The Kier molecular flexibility index (Phi) is 3.35. The predicted octanol–water partition coefficient (Wildman–Crippen LogP) is 1.86. The van der Waals surface area contributed by atoms with E-state index in [9.17, 15) is 4.79 Å². The minimum absolute atomic E-state index is 0.0613. The second-order valence-corrected chi connectivity index (χ2v) is 6.06. The number of hydrogen-bond donors (Lipinski definition) is 2. The van der Waals surface area contributed by atoms with Crippen LogP contribution in [0.15, 0.2) is 22.8 Å². The molecule has 2 atom stereocenters. The molecule has 0 radical (unpaired) electrons. The van der Waals surface area contributed by atoms with E-state index >= 15 is 0 Å². The highest BCUT2D eigenvalue weighted by molar-refractivity contribution is 9.10. The number of aromatic nitrogens is 1. The average molecular weight is 310 g/mol. The molecule has 1 amide bonds. The van der Waals surface area contributed by atoms with Crippen molar-refractivity contribution >= 4 is 21.8 Å². The maximum atomic E-state index is 12.0. The Hall–Kier alpha value is -0.940. The summed E-state index contributed by atoms with van der Waals surface area (Å²) in [7, 11) is 0. The fourth-order valence-electron chi connectivity index (χ4n) is 2.94. The zero-order valence-corrected chi connectivity index (χ0v) is 11.6. The maximum Gasteiger partial charge on any atom is 0.270 e. The maximum absolute atomic E-state index is 12.0. The van der Waals surface area contributed by atoms with Crippen LogP contribution in [0.1, 0.15) is 36.2 Å². The summed E-state index contributed by atoms with van der Waals surface area (Å²) >= 11 is 3.31. The Labute approximate surface area is 115 Å². The van der Waals surface area contributed by atoms with E-state index in [0.29, 0.717) is 23.8 Å². The van der Waals surface area contributed by atoms with E-state index in [1.165, 1.54) is 12.8 Å².